The Morgan fingerprint density at radius 1 is 1.36 bits per heavy atom. The lowest BCUT2D eigenvalue weighted by molar-refractivity contribution is -0.119. The van der Waals surface area contributed by atoms with Crippen LogP contribution in [0.15, 0.2) is 34.2 Å². The number of para-hydroxylation sites is 1. The fraction of sp³-hybridized carbons (Fsp3) is 0.526. The first-order valence-corrected chi connectivity index (χ1v) is 9.93. The van der Waals surface area contributed by atoms with Crippen molar-refractivity contribution in [2.24, 2.45) is 5.92 Å². The van der Waals surface area contributed by atoms with E-state index in [-0.39, 0.29) is 29.3 Å². The summed E-state index contributed by atoms with van der Waals surface area (Å²) in [5.74, 6) is 0.909. The Bertz CT molecular complexity index is 829. The van der Waals surface area contributed by atoms with Gasteiger partial charge in [0.05, 0.1) is 16.7 Å². The van der Waals surface area contributed by atoms with Crippen molar-refractivity contribution in [2.75, 3.05) is 5.75 Å². The zero-order chi connectivity index (χ0) is 18.0. The maximum atomic E-state index is 12.9. The van der Waals surface area contributed by atoms with Gasteiger partial charge >= 0.3 is 0 Å². The number of hydrogen-bond donors (Lipinski definition) is 1. The predicted molar refractivity (Wildman–Crippen MR) is 102 cm³/mol. The number of thioether (sulfide) groups is 1. The van der Waals surface area contributed by atoms with E-state index in [0.29, 0.717) is 22.0 Å². The summed E-state index contributed by atoms with van der Waals surface area (Å²) in [4.78, 5) is 29.7. The Kier molecular flexibility index (Phi) is 5.47. The van der Waals surface area contributed by atoms with Gasteiger partial charge in [0.1, 0.15) is 0 Å². The molecule has 6 heteroatoms. The molecule has 1 aliphatic carbocycles. The van der Waals surface area contributed by atoms with E-state index >= 15 is 0 Å². The molecule has 2 aromatic rings. The van der Waals surface area contributed by atoms with Gasteiger partial charge in [-0.15, -0.1) is 0 Å². The number of fused-ring (bicyclic) bond motifs is 1. The molecule has 0 unspecified atom stereocenters. The molecule has 0 radical (unpaired) electrons. The highest BCUT2D eigenvalue weighted by atomic mass is 32.2. The number of amides is 1. The molecule has 1 aromatic heterocycles. The molecular weight excluding hydrogens is 334 g/mol. The number of rotatable bonds is 7. The molecule has 2 atom stereocenters. The second-order valence-corrected chi connectivity index (χ2v) is 7.77. The second-order valence-electron chi connectivity index (χ2n) is 6.83. The van der Waals surface area contributed by atoms with Gasteiger partial charge < -0.3 is 5.32 Å². The van der Waals surface area contributed by atoms with Gasteiger partial charge in [0.15, 0.2) is 5.16 Å². The average Bonchev–Trinajstić information content (AvgIpc) is 3.44. The van der Waals surface area contributed by atoms with Gasteiger partial charge in [0.25, 0.3) is 5.56 Å². The van der Waals surface area contributed by atoms with Crippen molar-refractivity contribution in [3.8, 4) is 0 Å². The number of aromatic nitrogens is 2. The zero-order valence-electron chi connectivity index (χ0n) is 15.0. The van der Waals surface area contributed by atoms with Crippen LogP contribution in [0.2, 0.25) is 0 Å². The number of benzene rings is 1. The number of hydrogen-bond acceptors (Lipinski definition) is 4. The molecule has 1 fully saturated rings. The molecule has 1 aliphatic rings. The highest BCUT2D eigenvalue weighted by molar-refractivity contribution is 7.99. The van der Waals surface area contributed by atoms with E-state index in [1.54, 1.807) is 4.57 Å². The van der Waals surface area contributed by atoms with Gasteiger partial charge in [-0.2, -0.15) is 0 Å². The third-order valence-electron chi connectivity index (χ3n) is 4.86. The molecule has 1 saturated carbocycles. The zero-order valence-corrected chi connectivity index (χ0v) is 15.8. The van der Waals surface area contributed by atoms with Crippen LogP contribution in [0, 0.1) is 5.92 Å². The van der Waals surface area contributed by atoms with Crippen LogP contribution < -0.4 is 10.9 Å². The van der Waals surface area contributed by atoms with Gasteiger partial charge in [-0.05, 0) is 51.2 Å². The van der Waals surface area contributed by atoms with E-state index in [4.69, 9.17) is 0 Å². The van der Waals surface area contributed by atoms with E-state index in [1.165, 1.54) is 24.6 Å². The Labute approximate surface area is 152 Å². The van der Waals surface area contributed by atoms with Crippen LogP contribution in [0.25, 0.3) is 10.9 Å². The maximum absolute atomic E-state index is 12.9. The lowest BCUT2D eigenvalue weighted by Crippen LogP contribution is -2.35. The van der Waals surface area contributed by atoms with Gasteiger partial charge in [-0.1, -0.05) is 30.8 Å². The normalized spacial score (nSPS) is 16.6. The SMILES string of the molecule is CC[C@@H](C)n1c(SCC(=O)N[C@@H](C)C2CC2)nc2ccccc2c1=O. The third-order valence-corrected chi connectivity index (χ3v) is 5.81. The Hall–Kier alpha value is -1.82. The minimum atomic E-state index is -0.0331. The standard InChI is InChI=1S/C19H25N3O2S/c1-4-12(2)22-18(24)15-7-5-6-8-16(15)21-19(22)25-11-17(23)20-13(3)14-9-10-14/h5-8,12-14H,4,9-11H2,1-3H3,(H,20,23)/t12-,13+/m1/s1. The van der Waals surface area contributed by atoms with Crippen LogP contribution in [-0.4, -0.2) is 27.3 Å². The maximum Gasteiger partial charge on any atom is 0.262 e. The number of carbonyl (C=O) groups is 1. The second kappa shape index (κ2) is 7.60. The minimum Gasteiger partial charge on any atom is -0.353 e. The fourth-order valence-corrected chi connectivity index (χ4v) is 3.85. The minimum absolute atomic E-state index is 0.00232. The van der Waals surface area contributed by atoms with E-state index in [1.807, 2.05) is 38.1 Å². The topological polar surface area (TPSA) is 64.0 Å². The van der Waals surface area contributed by atoms with E-state index in [2.05, 4.69) is 17.2 Å². The number of nitrogens with zero attached hydrogens (tertiary/aromatic N) is 2. The molecular formula is C19H25N3O2S. The van der Waals surface area contributed by atoms with Crippen molar-refractivity contribution in [1.82, 2.24) is 14.9 Å². The third kappa shape index (κ3) is 4.06. The Morgan fingerprint density at radius 3 is 2.76 bits per heavy atom. The van der Waals surface area contributed by atoms with Crippen molar-refractivity contribution in [3.63, 3.8) is 0 Å². The summed E-state index contributed by atoms with van der Waals surface area (Å²) in [6.45, 7) is 6.12. The van der Waals surface area contributed by atoms with Crippen LogP contribution in [0.3, 0.4) is 0 Å². The number of nitrogens with one attached hydrogen (secondary N) is 1. The molecule has 134 valence electrons. The van der Waals surface area contributed by atoms with Crippen LogP contribution in [0.4, 0.5) is 0 Å². The molecule has 0 bridgehead atoms. The van der Waals surface area contributed by atoms with Gasteiger partial charge in [-0.25, -0.2) is 4.98 Å². The van der Waals surface area contributed by atoms with Gasteiger partial charge in [-0.3, -0.25) is 14.2 Å². The van der Waals surface area contributed by atoms with E-state index in [9.17, 15) is 9.59 Å². The van der Waals surface area contributed by atoms with Crippen molar-refractivity contribution in [1.29, 1.82) is 0 Å². The first-order chi connectivity index (χ1) is 12.0. The molecule has 1 heterocycles. The quantitative estimate of drug-likeness (QED) is 0.608. The molecule has 5 nitrogen and oxygen atoms in total. The molecule has 1 amide bonds. The highest BCUT2D eigenvalue weighted by Crippen LogP contribution is 2.32. The van der Waals surface area contributed by atoms with Gasteiger partial charge in [0, 0.05) is 12.1 Å². The summed E-state index contributed by atoms with van der Waals surface area (Å²) < 4.78 is 1.73. The lowest BCUT2D eigenvalue weighted by atomic mass is 10.2. The van der Waals surface area contributed by atoms with Crippen LogP contribution in [0.5, 0.6) is 0 Å². The molecule has 25 heavy (non-hydrogen) atoms. The number of carbonyl (C=O) groups excluding carboxylic acids is 1. The Morgan fingerprint density at radius 2 is 2.08 bits per heavy atom. The summed E-state index contributed by atoms with van der Waals surface area (Å²) in [5, 5.41) is 4.29. The van der Waals surface area contributed by atoms with E-state index < -0.39 is 0 Å². The van der Waals surface area contributed by atoms with Crippen molar-refractivity contribution in [2.45, 2.75) is 57.3 Å². The van der Waals surface area contributed by atoms with Gasteiger partial charge in [0.2, 0.25) is 5.91 Å². The highest BCUT2D eigenvalue weighted by Gasteiger charge is 2.29. The Balaban J connectivity index is 1.83. The molecule has 1 aromatic carbocycles. The van der Waals surface area contributed by atoms with Crippen LogP contribution in [-0.2, 0) is 4.79 Å². The summed E-state index contributed by atoms with van der Waals surface area (Å²) in [7, 11) is 0. The van der Waals surface area contributed by atoms with Crippen molar-refractivity contribution >= 4 is 28.6 Å². The fourth-order valence-electron chi connectivity index (χ4n) is 2.94. The van der Waals surface area contributed by atoms with Crippen molar-refractivity contribution in [3.05, 3.63) is 34.6 Å². The first kappa shape index (κ1) is 18.0. The smallest absolute Gasteiger partial charge is 0.262 e. The van der Waals surface area contributed by atoms with E-state index in [0.717, 1.165) is 6.42 Å². The molecule has 0 aliphatic heterocycles. The molecule has 0 saturated heterocycles. The summed E-state index contributed by atoms with van der Waals surface area (Å²) in [6, 6.07) is 7.65. The molecule has 0 spiro atoms. The molecule has 1 N–H and O–H groups in total. The summed E-state index contributed by atoms with van der Waals surface area (Å²) in [5.41, 5.74) is 0.649. The van der Waals surface area contributed by atoms with Crippen LogP contribution >= 0.6 is 11.8 Å². The summed E-state index contributed by atoms with van der Waals surface area (Å²) >= 11 is 1.34. The molecule has 3 rings (SSSR count). The average molecular weight is 359 g/mol. The van der Waals surface area contributed by atoms with Crippen LogP contribution in [0.1, 0.15) is 46.1 Å². The first-order valence-electron chi connectivity index (χ1n) is 8.94. The van der Waals surface area contributed by atoms with Crippen molar-refractivity contribution < 1.29 is 4.79 Å². The lowest BCUT2D eigenvalue weighted by Gasteiger charge is -2.18. The monoisotopic (exact) mass is 359 g/mol. The largest absolute Gasteiger partial charge is 0.353 e. The predicted octanol–water partition coefficient (Wildman–Crippen LogP) is 3.37. The summed E-state index contributed by atoms with van der Waals surface area (Å²) in [6.07, 6.45) is 3.24.